The van der Waals surface area contributed by atoms with Crippen LogP contribution >= 0.6 is 0 Å². The molecule has 2 fully saturated rings. The maximum atomic E-state index is 13.1. The van der Waals surface area contributed by atoms with Gasteiger partial charge in [0.25, 0.3) is 0 Å². The Morgan fingerprint density at radius 1 is 0.909 bits per heavy atom. The Morgan fingerprint density at radius 2 is 1.67 bits per heavy atom. The van der Waals surface area contributed by atoms with Gasteiger partial charge in [-0.15, -0.1) is 0 Å². The molecular formula is C24H27N5O3S. The summed E-state index contributed by atoms with van der Waals surface area (Å²) in [6.45, 7) is 4.07. The van der Waals surface area contributed by atoms with Crippen molar-refractivity contribution in [3.63, 3.8) is 0 Å². The molecule has 33 heavy (non-hydrogen) atoms. The predicted octanol–water partition coefficient (Wildman–Crippen LogP) is 3.81. The number of nitrogens with zero attached hydrogens (tertiary/aromatic N) is 5. The van der Waals surface area contributed by atoms with Crippen molar-refractivity contribution in [1.82, 2.24) is 24.0 Å². The average molecular weight is 466 g/mol. The van der Waals surface area contributed by atoms with Crippen molar-refractivity contribution in [2.75, 3.05) is 26.2 Å². The van der Waals surface area contributed by atoms with Crippen molar-refractivity contribution in [3.8, 4) is 28.6 Å². The van der Waals surface area contributed by atoms with Crippen molar-refractivity contribution in [2.24, 2.45) is 0 Å². The zero-order valence-electron chi connectivity index (χ0n) is 18.5. The molecule has 0 unspecified atom stereocenters. The largest absolute Gasteiger partial charge is 0.453 e. The van der Waals surface area contributed by atoms with Crippen molar-refractivity contribution < 1.29 is 13.2 Å². The van der Waals surface area contributed by atoms with Gasteiger partial charge in [-0.3, -0.25) is 4.90 Å². The third-order valence-electron chi connectivity index (χ3n) is 6.69. The van der Waals surface area contributed by atoms with E-state index >= 15 is 0 Å². The normalized spacial score (nSPS) is 18.8. The summed E-state index contributed by atoms with van der Waals surface area (Å²) in [4.78, 5) is 7.15. The second-order valence-electron chi connectivity index (χ2n) is 8.97. The number of ether oxygens (including phenoxy) is 1. The minimum Gasteiger partial charge on any atom is -0.453 e. The zero-order chi connectivity index (χ0) is 22.4. The summed E-state index contributed by atoms with van der Waals surface area (Å²) in [5, 5.41) is 4.89. The van der Waals surface area contributed by atoms with E-state index in [1.165, 1.54) is 29.8 Å². The fourth-order valence-electron chi connectivity index (χ4n) is 4.97. The Hall–Kier alpha value is -2.75. The first-order chi connectivity index (χ1) is 16.1. The van der Waals surface area contributed by atoms with Crippen LogP contribution in [0.25, 0.3) is 17.1 Å². The lowest BCUT2D eigenvalue weighted by Crippen LogP contribution is -2.29. The highest BCUT2D eigenvalue weighted by molar-refractivity contribution is 7.89. The highest BCUT2D eigenvalue weighted by atomic mass is 32.2. The molecule has 0 bridgehead atoms. The lowest BCUT2D eigenvalue weighted by Gasteiger charge is -2.25. The van der Waals surface area contributed by atoms with Crippen LogP contribution in [0.2, 0.25) is 0 Å². The van der Waals surface area contributed by atoms with Crippen LogP contribution in [0.1, 0.15) is 37.8 Å². The molecule has 0 atom stereocenters. The lowest BCUT2D eigenvalue weighted by atomic mass is 10.1. The van der Waals surface area contributed by atoms with Crippen molar-refractivity contribution >= 4 is 10.0 Å². The first-order valence-corrected chi connectivity index (χ1v) is 13.1. The molecule has 6 rings (SSSR count). The molecule has 0 radical (unpaired) electrons. The fraction of sp³-hybridized carbons (Fsp3) is 0.417. The molecule has 0 spiro atoms. The summed E-state index contributed by atoms with van der Waals surface area (Å²) in [5.41, 5.74) is 2.79. The number of para-hydroxylation sites is 1. The van der Waals surface area contributed by atoms with Gasteiger partial charge in [-0.05, 0) is 57.0 Å². The zero-order valence-corrected chi connectivity index (χ0v) is 19.3. The lowest BCUT2D eigenvalue weighted by molar-refractivity contribution is 0.218. The van der Waals surface area contributed by atoms with Crippen LogP contribution in [0.4, 0.5) is 0 Å². The van der Waals surface area contributed by atoms with Gasteiger partial charge in [-0.2, -0.15) is 9.40 Å². The molecule has 0 N–H and O–H groups in total. The van der Waals surface area contributed by atoms with E-state index in [1.54, 1.807) is 10.7 Å². The van der Waals surface area contributed by atoms with Gasteiger partial charge in [0.05, 0.1) is 11.4 Å². The molecule has 2 aromatic heterocycles. The van der Waals surface area contributed by atoms with Crippen LogP contribution in [0, 0.1) is 0 Å². The average Bonchev–Trinajstić information content (AvgIpc) is 3.49. The molecule has 9 heteroatoms. The van der Waals surface area contributed by atoms with Gasteiger partial charge in [0.15, 0.2) is 11.6 Å². The number of aromatic nitrogens is 3. The fourth-order valence-corrected chi connectivity index (χ4v) is 6.44. The second kappa shape index (κ2) is 8.23. The van der Waals surface area contributed by atoms with Gasteiger partial charge in [-0.25, -0.2) is 18.1 Å². The van der Waals surface area contributed by atoms with E-state index in [4.69, 9.17) is 9.84 Å². The van der Waals surface area contributed by atoms with E-state index < -0.39 is 10.0 Å². The van der Waals surface area contributed by atoms with Crippen LogP contribution in [0.3, 0.4) is 0 Å². The highest BCUT2D eigenvalue weighted by Gasteiger charge is 2.31. The number of hydrogen-bond donors (Lipinski definition) is 0. The SMILES string of the molecule is O=S(=O)(c1cnc2c(c1)Oc1ccccc1-c1cc(CN3CCCCC3)nn1-2)N1CCCC1. The number of hydrogen-bond acceptors (Lipinski definition) is 6. The quantitative estimate of drug-likeness (QED) is 0.456. The van der Waals surface area contributed by atoms with E-state index in [0.29, 0.717) is 30.4 Å². The maximum absolute atomic E-state index is 13.1. The number of likely N-dealkylation sites (tertiary alicyclic amines) is 1. The Bertz CT molecular complexity index is 1290. The van der Waals surface area contributed by atoms with E-state index in [0.717, 1.165) is 49.4 Å². The van der Waals surface area contributed by atoms with E-state index in [1.807, 2.05) is 24.3 Å². The van der Waals surface area contributed by atoms with Gasteiger partial charge in [-0.1, -0.05) is 18.6 Å². The second-order valence-corrected chi connectivity index (χ2v) is 10.9. The topological polar surface area (TPSA) is 80.6 Å². The van der Waals surface area contributed by atoms with E-state index in [9.17, 15) is 8.42 Å². The minimum absolute atomic E-state index is 0.157. The van der Waals surface area contributed by atoms with Gasteiger partial charge in [0.1, 0.15) is 10.6 Å². The molecular weight excluding hydrogens is 438 g/mol. The standard InChI is InChI=1S/C24H27N5O3S/c30-33(31,28-12-6-7-13-28)19-15-23-24(25-16-19)29-21(20-8-2-3-9-22(20)32-23)14-18(26-29)17-27-10-4-1-5-11-27/h2-3,8-9,14-16H,1,4-7,10-13,17H2. The molecule has 3 aromatic rings. The van der Waals surface area contributed by atoms with Gasteiger partial charge in [0.2, 0.25) is 10.0 Å². The summed E-state index contributed by atoms with van der Waals surface area (Å²) in [6.07, 6.45) is 6.95. The van der Waals surface area contributed by atoms with E-state index in [-0.39, 0.29) is 4.90 Å². The number of sulfonamides is 1. The van der Waals surface area contributed by atoms with Crippen LogP contribution in [0.5, 0.6) is 11.5 Å². The predicted molar refractivity (Wildman–Crippen MR) is 124 cm³/mol. The summed E-state index contributed by atoms with van der Waals surface area (Å²) in [6, 6.07) is 11.5. The first kappa shape index (κ1) is 20.8. The Kier molecular flexibility index (Phi) is 5.20. The highest BCUT2D eigenvalue weighted by Crippen LogP contribution is 2.41. The van der Waals surface area contributed by atoms with Crippen molar-refractivity contribution in [2.45, 2.75) is 43.5 Å². The Labute approximate surface area is 193 Å². The molecule has 3 aliphatic heterocycles. The van der Waals surface area contributed by atoms with Crippen LogP contribution < -0.4 is 4.74 Å². The van der Waals surface area contributed by atoms with Gasteiger partial charge in [0, 0.05) is 37.5 Å². The van der Waals surface area contributed by atoms with Crippen LogP contribution in [0.15, 0.2) is 47.5 Å². The first-order valence-electron chi connectivity index (χ1n) is 11.7. The molecule has 2 saturated heterocycles. The summed E-state index contributed by atoms with van der Waals surface area (Å²) >= 11 is 0. The van der Waals surface area contributed by atoms with Crippen LogP contribution in [-0.4, -0.2) is 58.6 Å². The summed E-state index contributed by atoms with van der Waals surface area (Å²) in [7, 11) is -3.60. The molecule has 0 aliphatic carbocycles. The molecule has 1 aromatic carbocycles. The molecule has 172 valence electrons. The maximum Gasteiger partial charge on any atom is 0.244 e. The smallest absolute Gasteiger partial charge is 0.244 e. The third kappa shape index (κ3) is 3.74. The van der Waals surface area contributed by atoms with Gasteiger partial charge < -0.3 is 4.74 Å². The van der Waals surface area contributed by atoms with E-state index in [2.05, 4.69) is 16.0 Å². The molecule has 5 heterocycles. The summed E-state index contributed by atoms with van der Waals surface area (Å²) < 4.78 is 35.8. The Morgan fingerprint density at radius 3 is 2.48 bits per heavy atom. The van der Waals surface area contributed by atoms with Crippen molar-refractivity contribution in [1.29, 1.82) is 0 Å². The Balaban J connectivity index is 1.44. The number of fused-ring (bicyclic) bond motifs is 5. The summed E-state index contributed by atoms with van der Waals surface area (Å²) in [5.74, 6) is 1.57. The molecule has 8 nitrogen and oxygen atoms in total. The molecule has 0 saturated carbocycles. The number of pyridine rings is 1. The van der Waals surface area contributed by atoms with Gasteiger partial charge >= 0.3 is 0 Å². The third-order valence-corrected chi connectivity index (χ3v) is 8.55. The number of benzene rings is 1. The number of rotatable bonds is 4. The molecule has 3 aliphatic rings. The van der Waals surface area contributed by atoms with Crippen molar-refractivity contribution in [3.05, 3.63) is 48.3 Å². The molecule has 0 amide bonds. The minimum atomic E-state index is -3.60. The number of piperidine rings is 1. The van der Waals surface area contributed by atoms with Crippen LogP contribution in [-0.2, 0) is 16.6 Å². The monoisotopic (exact) mass is 465 g/mol.